The van der Waals surface area contributed by atoms with Crippen LogP contribution in [0, 0.1) is 6.92 Å². The number of morpholine rings is 1. The fraction of sp³-hybridized carbons (Fsp3) is 0.333. The Morgan fingerprint density at radius 1 is 1.50 bits per heavy atom. The lowest BCUT2D eigenvalue weighted by molar-refractivity contribution is -0.128. The van der Waals surface area contributed by atoms with Crippen molar-refractivity contribution in [2.45, 2.75) is 13.0 Å². The number of nitrogens with one attached hydrogen (secondary N) is 2. The van der Waals surface area contributed by atoms with Gasteiger partial charge in [-0.3, -0.25) is 4.79 Å². The second-order valence-corrected chi connectivity index (χ2v) is 5.95. The van der Waals surface area contributed by atoms with E-state index in [1.807, 2.05) is 36.6 Å². The van der Waals surface area contributed by atoms with Crippen LogP contribution in [0.4, 0.5) is 5.69 Å². The van der Waals surface area contributed by atoms with Crippen molar-refractivity contribution in [3.63, 3.8) is 0 Å². The smallest absolute Gasteiger partial charge is 0.254 e. The highest BCUT2D eigenvalue weighted by molar-refractivity contribution is 7.09. The predicted molar refractivity (Wildman–Crippen MR) is 90.8 cm³/mol. The predicted octanol–water partition coefficient (Wildman–Crippen LogP) is 2.47. The summed E-state index contributed by atoms with van der Waals surface area (Å²) >= 11 is 1.61. The van der Waals surface area contributed by atoms with Gasteiger partial charge in [0.05, 0.1) is 17.3 Å². The molecule has 2 heterocycles. The van der Waals surface area contributed by atoms with Crippen LogP contribution in [0.1, 0.15) is 5.01 Å². The Hall–Kier alpha value is -1.47. The maximum absolute atomic E-state index is 12.1. The molecule has 1 atom stereocenters. The van der Waals surface area contributed by atoms with Crippen LogP contribution in [0.5, 0.6) is 0 Å². The number of aromatic nitrogens is 1. The van der Waals surface area contributed by atoms with Crippen LogP contribution in [0.3, 0.4) is 0 Å². The molecule has 1 saturated heterocycles. The molecule has 1 amide bonds. The summed E-state index contributed by atoms with van der Waals surface area (Å²) in [6.07, 6.45) is -0.427. The first-order chi connectivity index (χ1) is 10.2. The molecular formula is C15H18ClN3O2S. The van der Waals surface area contributed by atoms with Crippen LogP contribution in [0.25, 0.3) is 11.3 Å². The summed E-state index contributed by atoms with van der Waals surface area (Å²) in [5.41, 5.74) is 2.70. The molecule has 1 aliphatic rings. The molecule has 0 bridgehead atoms. The number of hydrogen-bond donors (Lipinski definition) is 2. The Bertz CT molecular complexity index is 641. The summed E-state index contributed by atoms with van der Waals surface area (Å²) in [5, 5.41) is 9.09. The van der Waals surface area contributed by atoms with E-state index in [1.165, 1.54) is 0 Å². The second kappa shape index (κ2) is 7.69. The van der Waals surface area contributed by atoms with E-state index in [-0.39, 0.29) is 18.3 Å². The van der Waals surface area contributed by atoms with Gasteiger partial charge in [0.2, 0.25) is 0 Å². The molecule has 7 heteroatoms. The third kappa shape index (κ3) is 4.04. The minimum Gasteiger partial charge on any atom is -0.366 e. The van der Waals surface area contributed by atoms with Crippen molar-refractivity contribution in [1.82, 2.24) is 10.3 Å². The molecule has 1 aromatic heterocycles. The molecule has 1 fully saturated rings. The van der Waals surface area contributed by atoms with Crippen LogP contribution in [0.15, 0.2) is 29.6 Å². The largest absolute Gasteiger partial charge is 0.366 e. The molecule has 22 heavy (non-hydrogen) atoms. The van der Waals surface area contributed by atoms with Gasteiger partial charge < -0.3 is 15.4 Å². The first-order valence-electron chi connectivity index (χ1n) is 6.88. The average molecular weight is 340 g/mol. The SMILES string of the molecule is Cc1nc(-c2cccc(NC(=O)C3CNCCO3)c2)cs1.Cl. The van der Waals surface area contributed by atoms with E-state index in [0.29, 0.717) is 13.2 Å². The molecule has 1 unspecified atom stereocenters. The fourth-order valence-corrected chi connectivity index (χ4v) is 2.83. The molecule has 0 spiro atoms. The summed E-state index contributed by atoms with van der Waals surface area (Å²) < 4.78 is 5.44. The Balaban J connectivity index is 0.00000176. The number of aryl methyl sites for hydroxylation is 1. The summed E-state index contributed by atoms with van der Waals surface area (Å²) in [4.78, 5) is 16.6. The number of hydrogen-bond acceptors (Lipinski definition) is 5. The van der Waals surface area contributed by atoms with Gasteiger partial charge in [0, 0.05) is 29.7 Å². The van der Waals surface area contributed by atoms with Crippen LogP contribution < -0.4 is 10.6 Å². The molecular weight excluding hydrogens is 322 g/mol. The number of amides is 1. The molecule has 0 radical (unpaired) electrons. The lowest BCUT2D eigenvalue weighted by atomic mass is 10.1. The summed E-state index contributed by atoms with van der Waals surface area (Å²) in [5.74, 6) is -0.117. The van der Waals surface area contributed by atoms with E-state index in [0.717, 1.165) is 28.5 Å². The number of halogens is 1. The number of carbonyl (C=O) groups is 1. The zero-order valence-electron chi connectivity index (χ0n) is 12.2. The number of rotatable bonds is 3. The first-order valence-corrected chi connectivity index (χ1v) is 7.76. The highest BCUT2D eigenvalue weighted by atomic mass is 35.5. The molecule has 118 valence electrons. The second-order valence-electron chi connectivity index (χ2n) is 4.89. The molecule has 5 nitrogen and oxygen atoms in total. The van der Waals surface area contributed by atoms with Crippen LogP contribution in [-0.4, -0.2) is 36.7 Å². The normalized spacial score (nSPS) is 17.6. The molecule has 0 saturated carbocycles. The fourth-order valence-electron chi connectivity index (χ4n) is 2.21. The number of thiazole rings is 1. The van der Waals surface area contributed by atoms with Gasteiger partial charge in [0.25, 0.3) is 5.91 Å². The minimum absolute atomic E-state index is 0. The van der Waals surface area contributed by atoms with E-state index in [1.54, 1.807) is 11.3 Å². The van der Waals surface area contributed by atoms with Gasteiger partial charge >= 0.3 is 0 Å². The van der Waals surface area contributed by atoms with E-state index >= 15 is 0 Å². The van der Waals surface area contributed by atoms with Gasteiger partial charge in [-0.05, 0) is 19.1 Å². The lowest BCUT2D eigenvalue weighted by Crippen LogP contribution is -2.45. The standard InChI is InChI=1S/C15H17N3O2S.ClH/c1-10-17-13(9-21-10)11-3-2-4-12(7-11)18-15(19)14-8-16-5-6-20-14;/h2-4,7,9,14,16H,5-6,8H2,1H3,(H,18,19);1H. The van der Waals surface area contributed by atoms with Crippen LogP contribution in [0.2, 0.25) is 0 Å². The Kier molecular flexibility index (Phi) is 5.90. The molecule has 0 aliphatic carbocycles. The maximum atomic E-state index is 12.1. The van der Waals surface area contributed by atoms with Gasteiger partial charge in [-0.1, -0.05) is 12.1 Å². The third-order valence-electron chi connectivity index (χ3n) is 3.26. The summed E-state index contributed by atoms with van der Waals surface area (Å²) in [7, 11) is 0. The van der Waals surface area contributed by atoms with Gasteiger partial charge in [0.15, 0.2) is 0 Å². The number of ether oxygens (including phenoxy) is 1. The Morgan fingerprint density at radius 2 is 2.36 bits per heavy atom. The highest BCUT2D eigenvalue weighted by Gasteiger charge is 2.21. The Morgan fingerprint density at radius 3 is 3.05 bits per heavy atom. The molecule has 1 aliphatic heterocycles. The summed E-state index contributed by atoms with van der Waals surface area (Å²) in [6, 6.07) is 7.71. The van der Waals surface area contributed by atoms with Crippen molar-refractivity contribution in [2.24, 2.45) is 0 Å². The summed E-state index contributed by atoms with van der Waals surface area (Å²) in [6.45, 7) is 3.89. The van der Waals surface area contributed by atoms with E-state index in [4.69, 9.17) is 4.74 Å². The lowest BCUT2D eigenvalue weighted by Gasteiger charge is -2.22. The van der Waals surface area contributed by atoms with E-state index in [9.17, 15) is 4.79 Å². The Labute approximate surface area is 139 Å². The quantitative estimate of drug-likeness (QED) is 0.901. The van der Waals surface area contributed by atoms with E-state index < -0.39 is 6.10 Å². The minimum atomic E-state index is -0.427. The molecule has 1 aromatic carbocycles. The van der Waals surface area contributed by atoms with Crippen molar-refractivity contribution in [3.8, 4) is 11.3 Å². The van der Waals surface area contributed by atoms with Crippen molar-refractivity contribution < 1.29 is 9.53 Å². The number of benzene rings is 1. The van der Waals surface area contributed by atoms with Gasteiger partial charge in [-0.25, -0.2) is 4.98 Å². The molecule has 3 rings (SSSR count). The van der Waals surface area contributed by atoms with Crippen molar-refractivity contribution in [2.75, 3.05) is 25.0 Å². The number of nitrogens with zero attached hydrogens (tertiary/aromatic N) is 1. The van der Waals surface area contributed by atoms with Crippen LogP contribution >= 0.6 is 23.7 Å². The molecule has 2 N–H and O–H groups in total. The van der Waals surface area contributed by atoms with Gasteiger partial charge in [-0.2, -0.15) is 0 Å². The van der Waals surface area contributed by atoms with Crippen molar-refractivity contribution in [3.05, 3.63) is 34.7 Å². The molecule has 2 aromatic rings. The maximum Gasteiger partial charge on any atom is 0.254 e. The zero-order valence-corrected chi connectivity index (χ0v) is 13.8. The number of carbonyl (C=O) groups excluding carboxylic acids is 1. The van der Waals surface area contributed by atoms with E-state index in [2.05, 4.69) is 15.6 Å². The third-order valence-corrected chi connectivity index (χ3v) is 4.04. The van der Waals surface area contributed by atoms with Gasteiger partial charge in [0.1, 0.15) is 6.10 Å². The number of anilines is 1. The van der Waals surface area contributed by atoms with Gasteiger partial charge in [-0.15, -0.1) is 23.7 Å². The van der Waals surface area contributed by atoms with Crippen LogP contribution in [-0.2, 0) is 9.53 Å². The zero-order chi connectivity index (χ0) is 14.7. The topological polar surface area (TPSA) is 63.2 Å². The van der Waals surface area contributed by atoms with Crippen molar-refractivity contribution >= 4 is 35.3 Å². The first kappa shape index (κ1) is 16.9. The monoisotopic (exact) mass is 339 g/mol. The highest BCUT2D eigenvalue weighted by Crippen LogP contribution is 2.24. The van der Waals surface area contributed by atoms with Crippen molar-refractivity contribution in [1.29, 1.82) is 0 Å². The average Bonchev–Trinajstić information content (AvgIpc) is 2.95.